The zero-order valence-corrected chi connectivity index (χ0v) is 23.9. The summed E-state index contributed by atoms with van der Waals surface area (Å²) < 4.78 is 9.49. The number of ether oxygens (including phenoxy) is 1. The van der Waals surface area contributed by atoms with Crippen molar-refractivity contribution in [3.8, 4) is 5.75 Å². The van der Waals surface area contributed by atoms with Crippen molar-refractivity contribution in [1.29, 1.82) is 0 Å². The fourth-order valence-corrected chi connectivity index (χ4v) is 4.47. The maximum atomic E-state index is 13.2. The molecule has 198 valence electrons. The Hall–Kier alpha value is -2.68. The average molecular weight is 641 g/mol. The third-order valence-corrected chi connectivity index (χ3v) is 7.21. The van der Waals surface area contributed by atoms with Crippen molar-refractivity contribution in [3.63, 3.8) is 0 Å². The summed E-state index contributed by atoms with van der Waals surface area (Å²) in [5.74, 6) is 0.923. The number of aromatic nitrogens is 3. The number of rotatable bonds is 9. The molecule has 0 aliphatic carbocycles. The highest BCUT2D eigenvalue weighted by atomic mass is 127. The van der Waals surface area contributed by atoms with E-state index in [2.05, 4.69) is 51.5 Å². The first-order valence-corrected chi connectivity index (χ1v) is 13.2. The van der Waals surface area contributed by atoms with Gasteiger partial charge in [-0.05, 0) is 38.4 Å². The standard InChI is InChI=1S/C24H30ClIN8O3/c1-27-21(35)15-37-20-13-16-12-17(4-5-19(16)34(23(20)36)11-6-31(2)3)29-22-18(25)14-28-24(30-22)32-7-9-33(26)10-8-32/h4-5,12-14H,6-11,15H2,1-3H3,(H,27,35)(H,28,29,30). The number of pyridine rings is 1. The van der Waals surface area contributed by atoms with Crippen molar-refractivity contribution in [1.82, 2.24) is 27.9 Å². The summed E-state index contributed by atoms with van der Waals surface area (Å²) in [5.41, 5.74) is 1.22. The number of fused-ring (bicyclic) bond motifs is 1. The van der Waals surface area contributed by atoms with E-state index in [1.165, 1.54) is 7.05 Å². The maximum absolute atomic E-state index is 13.2. The Bertz CT molecular complexity index is 1330. The van der Waals surface area contributed by atoms with E-state index in [1.807, 2.05) is 37.2 Å². The van der Waals surface area contributed by atoms with Gasteiger partial charge in [0, 0.05) is 80.3 Å². The fourth-order valence-electron chi connectivity index (χ4n) is 3.90. The molecule has 0 bridgehead atoms. The predicted molar refractivity (Wildman–Crippen MR) is 154 cm³/mol. The van der Waals surface area contributed by atoms with Gasteiger partial charge in [0.15, 0.2) is 18.2 Å². The Morgan fingerprint density at radius 2 is 1.97 bits per heavy atom. The lowest BCUT2D eigenvalue weighted by molar-refractivity contribution is -0.122. The minimum atomic E-state index is -0.316. The van der Waals surface area contributed by atoms with Gasteiger partial charge in [-0.2, -0.15) is 4.98 Å². The van der Waals surface area contributed by atoms with Gasteiger partial charge in [0.05, 0.1) is 11.7 Å². The molecular formula is C24H30ClIN8O3. The monoisotopic (exact) mass is 640 g/mol. The highest BCUT2D eigenvalue weighted by Gasteiger charge is 2.19. The van der Waals surface area contributed by atoms with Gasteiger partial charge in [0.2, 0.25) is 5.95 Å². The van der Waals surface area contributed by atoms with Crippen molar-refractivity contribution >= 4 is 68.7 Å². The first kappa shape index (κ1) is 27.4. The van der Waals surface area contributed by atoms with Crippen molar-refractivity contribution in [2.24, 2.45) is 0 Å². The smallest absolute Gasteiger partial charge is 0.293 e. The number of benzene rings is 1. The molecule has 0 spiro atoms. The van der Waals surface area contributed by atoms with Crippen LogP contribution in [0.15, 0.2) is 35.3 Å². The van der Waals surface area contributed by atoms with Crippen LogP contribution in [-0.4, -0.2) is 88.9 Å². The number of carbonyl (C=O) groups is 1. The molecule has 1 fully saturated rings. The summed E-state index contributed by atoms with van der Waals surface area (Å²) in [4.78, 5) is 38.1. The van der Waals surface area contributed by atoms with E-state index in [1.54, 1.807) is 16.8 Å². The number of carbonyl (C=O) groups excluding carboxylic acids is 1. The molecule has 3 heterocycles. The molecule has 11 nitrogen and oxygen atoms in total. The van der Waals surface area contributed by atoms with Crippen LogP contribution >= 0.6 is 34.5 Å². The topological polar surface area (TPSA) is 108 Å². The molecule has 2 N–H and O–H groups in total. The summed E-state index contributed by atoms with van der Waals surface area (Å²) >= 11 is 8.75. The normalized spacial score (nSPS) is 14.3. The second kappa shape index (κ2) is 12.2. The lowest BCUT2D eigenvalue weighted by atomic mass is 10.1. The van der Waals surface area contributed by atoms with Crippen LogP contribution in [-0.2, 0) is 11.3 Å². The minimum absolute atomic E-state index is 0.115. The number of anilines is 3. The number of nitrogens with one attached hydrogen (secondary N) is 2. The molecule has 1 aliphatic rings. The van der Waals surface area contributed by atoms with Gasteiger partial charge in [-0.15, -0.1) is 0 Å². The van der Waals surface area contributed by atoms with Gasteiger partial charge in [-0.25, -0.2) is 8.10 Å². The van der Waals surface area contributed by atoms with E-state index in [9.17, 15) is 9.59 Å². The Balaban J connectivity index is 1.66. The van der Waals surface area contributed by atoms with Gasteiger partial charge >= 0.3 is 0 Å². The van der Waals surface area contributed by atoms with Gasteiger partial charge in [0.25, 0.3) is 11.5 Å². The SMILES string of the molecule is CNC(=O)COc1cc2cc(Nc3nc(N4CCN(I)CC4)ncc3Cl)ccc2n(CCN(C)C)c1=O. The number of amides is 1. The van der Waals surface area contributed by atoms with E-state index in [4.69, 9.17) is 16.3 Å². The van der Waals surface area contributed by atoms with Gasteiger partial charge in [0.1, 0.15) is 5.02 Å². The van der Waals surface area contributed by atoms with Gasteiger partial charge in [-0.1, -0.05) is 11.6 Å². The molecule has 0 unspecified atom stereocenters. The quantitative estimate of drug-likeness (QED) is 0.269. The van der Waals surface area contributed by atoms with Crippen LogP contribution in [0.25, 0.3) is 10.9 Å². The van der Waals surface area contributed by atoms with E-state index in [0.717, 1.165) is 42.8 Å². The molecule has 2 aromatic heterocycles. The van der Waals surface area contributed by atoms with Crippen LogP contribution in [0.1, 0.15) is 0 Å². The Morgan fingerprint density at radius 3 is 2.68 bits per heavy atom. The summed E-state index contributed by atoms with van der Waals surface area (Å²) in [7, 11) is 5.41. The molecule has 1 amide bonds. The lowest BCUT2D eigenvalue weighted by Gasteiger charge is -2.31. The molecule has 0 saturated carbocycles. The van der Waals surface area contributed by atoms with Crippen molar-refractivity contribution in [2.75, 3.05) is 70.7 Å². The number of likely N-dealkylation sites (N-methyl/N-ethyl adjacent to an activating group) is 2. The van der Waals surface area contributed by atoms with E-state index in [-0.39, 0.29) is 23.8 Å². The average Bonchev–Trinajstić information content (AvgIpc) is 2.88. The summed E-state index contributed by atoms with van der Waals surface area (Å²) in [6.45, 7) is 4.43. The minimum Gasteiger partial charge on any atom is -0.478 e. The van der Waals surface area contributed by atoms with Crippen molar-refractivity contribution in [2.45, 2.75) is 6.54 Å². The highest BCUT2D eigenvalue weighted by molar-refractivity contribution is 14.1. The summed E-state index contributed by atoms with van der Waals surface area (Å²) in [6, 6.07) is 7.33. The number of hydrogen-bond acceptors (Lipinski definition) is 9. The molecule has 1 aromatic carbocycles. The third kappa shape index (κ3) is 6.80. The molecule has 37 heavy (non-hydrogen) atoms. The zero-order valence-electron chi connectivity index (χ0n) is 21.0. The highest BCUT2D eigenvalue weighted by Crippen LogP contribution is 2.28. The predicted octanol–water partition coefficient (Wildman–Crippen LogP) is 2.35. The molecule has 13 heteroatoms. The molecule has 4 rings (SSSR count). The second-order valence-electron chi connectivity index (χ2n) is 8.89. The Morgan fingerprint density at radius 1 is 1.22 bits per heavy atom. The largest absolute Gasteiger partial charge is 0.478 e. The zero-order chi connectivity index (χ0) is 26.5. The Labute approximate surface area is 234 Å². The number of nitrogens with zero attached hydrogens (tertiary/aromatic N) is 6. The summed E-state index contributed by atoms with van der Waals surface area (Å²) in [6.07, 6.45) is 1.60. The van der Waals surface area contributed by atoms with Crippen molar-refractivity contribution in [3.05, 3.63) is 45.8 Å². The van der Waals surface area contributed by atoms with Crippen LogP contribution < -0.4 is 25.8 Å². The molecular weight excluding hydrogens is 611 g/mol. The molecule has 0 atom stereocenters. The van der Waals surface area contributed by atoms with Crippen LogP contribution in [0.4, 0.5) is 17.5 Å². The van der Waals surface area contributed by atoms with Crippen LogP contribution in [0.5, 0.6) is 5.75 Å². The van der Waals surface area contributed by atoms with E-state index >= 15 is 0 Å². The Kier molecular flexibility index (Phi) is 9.05. The first-order chi connectivity index (χ1) is 17.7. The number of halogens is 2. The van der Waals surface area contributed by atoms with E-state index < -0.39 is 0 Å². The molecule has 1 aliphatic heterocycles. The molecule has 3 aromatic rings. The van der Waals surface area contributed by atoms with Crippen molar-refractivity contribution < 1.29 is 9.53 Å². The summed E-state index contributed by atoms with van der Waals surface area (Å²) in [5, 5.41) is 6.97. The second-order valence-corrected chi connectivity index (χ2v) is 10.7. The lowest BCUT2D eigenvalue weighted by Crippen LogP contribution is -2.42. The molecule has 0 radical (unpaired) electrons. The first-order valence-electron chi connectivity index (χ1n) is 11.9. The van der Waals surface area contributed by atoms with E-state index in [0.29, 0.717) is 29.9 Å². The number of hydrogen-bond donors (Lipinski definition) is 2. The van der Waals surface area contributed by atoms with Crippen LogP contribution in [0, 0.1) is 0 Å². The fraction of sp³-hybridized carbons (Fsp3) is 0.417. The van der Waals surface area contributed by atoms with Gasteiger partial charge < -0.3 is 29.7 Å². The van der Waals surface area contributed by atoms with Crippen LogP contribution in [0.3, 0.4) is 0 Å². The van der Waals surface area contributed by atoms with Crippen LogP contribution in [0.2, 0.25) is 5.02 Å². The maximum Gasteiger partial charge on any atom is 0.293 e. The molecule has 1 saturated heterocycles. The third-order valence-electron chi connectivity index (χ3n) is 5.97. The number of piperazine rings is 1. The van der Waals surface area contributed by atoms with Gasteiger partial charge in [-0.3, -0.25) is 9.59 Å².